The highest BCUT2D eigenvalue weighted by Gasteiger charge is 2.41. The van der Waals surface area contributed by atoms with Crippen LogP contribution < -0.4 is 0 Å². The molecule has 3 aliphatic heterocycles. The first-order chi connectivity index (χ1) is 7.09. The van der Waals surface area contributed by atoms with Gasteiger partial charge in [0.05, 0.1) is 12.0 Å². The summed E-state index contributed by atoms with van der Waals surface area (Å²) in [6.45, 7) is 3.77. The molecule has 0 aromatic heterocycles. The topological polar surface area (TPSA) is 60.8 Å². The Morgan fingerprint density at radius 2 is 2.07 bits per heavy atom. The van der Waals surface area contributed by atoms with E-state index in [1.807, 2.05) is 0 Å². The molecule has 3 rings (SSSR count). The molecule has 3 heterocycles. The van der Waals surface area contributed by atoms with E-state index >= 15 is 0 Å². The predicted molar refractivity (Wildman–Crippen MR) is 55.5 cm³/mol. The third kappa shape index (κ3) is 2.01. The summed E-state index contributed by atoms with van der Waals surface area (Å²) in [5.74, 6) is -0.713. The number of fused-ring (bicyclic) bond motifs is 3. The molecule has 2 bridgehead atoms. The zero-order chi connectivity index (χ0) is 11.0. The van der Waals surface area contributed by atoms with Gasteiger partial charge in [0.2, 0.25) is 0 Å². The molecular weight excluding hydrogens is 194 g/mol. The Balaban J connectivity index is 1.99. The Kier molecular flexibility index (Phi) is 2.98. The number of aliphatic carboxylic acids is 1. The number of carboxylic acid groups (broad SMARTS) is 1. The third-order valence-corrected chi connectivity index (χ3v) is 3.94. The molecule has 0 amide bonds. The molecule has 3 saturated heterocycles. The van der Waals surface area contributed by atoms with Crippen molar-refractivity contribution in [3.8, 4) is 0 Å². The van der Waals surface area contributed by atoms with Crippen molar-refractivity contribution in [1.29, 1.82) is 0 Å². The highest BCUT2D eigenvalue weighted by molar-refractivity contribution is 5.69. The Labute approximate surface area is 89.9 Å². The number of carboxylic acids is 1. The minimum absolute atomic E-state index is 0.0728. The van der Waals surface area contributed by atoms with Crippen molar-refractivity contribution in [2.75, 3.05) is 13.1 Å². The van der Waals surface area contributed by atoms with Crippen LogP contribution in [-0.2, 0) is 4.79 Å². The smallest absolute Gasteiger partial charge is 0.306 e. The lowest BCUT2D eigenvalue weighted by atomic mass is 9.78. The maximum absolute atomic E-state index is 10.8. The van der Waals surface area contributed by atoms with Gasteiger partial charge in [-0.05, 0) is 38.3 Å². The molecule has 0 spiro atoms. The first-order valence-corrected chi connectivity index (χ1v) is 5.74. The summed E-state index contributed by atoms with van der Waals surface area (Å²) in [7, 11) is 0. The molecule has 15 heavy (non-hydrogen) atoms. The van der Waals surface area contributed by atoms with Crippen molar-refractivity contribution < 1.29 is 15.0 Å². The molecule has 0 saturated carbocycles. The SMILES string of the molecule is CC(CC1[C@H](O)C2CCN1CC2)C(=O)O. The predicted octanol–water partition coefficient (Wildman–Crippen LogP) is 0.552. The van der Waals surface area contributed by atoms with E-state index in [1.165, 1.54) is 0 Å². The van der Waals surface area contributed by atoms with Gasteiger partial charge in [-0.1, -0.05) is 6.92 Å². The van der Waals surface area contributed by atoms with E-state index in [4.69, 9.17) is 5.11 Å². The first-order valence-electron chi connectivity index (χ1n) is 5.74. The summed E-state index contributed by atoms with van der Waals surface area (Å²) < 4.78 is 0. The Bertz CT molecular complexity index is 246. The fourth-order valence-corrected chi connectivity index (χ4v) is 2.87. The van der Waals surface area contributed by atoms with Gasteiger partial charge >= 0.3 is 5.97 Å². The number of rotatable bonds is 3. The minimum atomic E-state index is -0.759. The maximum atomic E-state index is 10.8. The van der Waals surface area contributed by atoms with E-state index in [9.17, 15) is 9.90 Å². The van der Waals surface area contributed by atoms with Crippen molar-refractivity contribution in [3.63, 3.8) is 0 Å². The van der Waals surface area contributed by atoms with Gasteiger partial charge in [0.25, 0.3) is 0 Å². The van der Waals surface area contributed by atoms with E-state index in [2.05, 4.69) is 4.90 Å². The summed E-state index contributed by atoms with van der Waals surface area (Å²) in [4.78, 5) is 13.0. The van der Waals surface area contributed by atoms with Gasteiger partial charge in [-0.2, -0.15) is 0 Å². The number of aliphatic hydroxyl groups excluding tert-OH is 1. The largest absolute Gasteiger partial charge is 0.481 e. The molecule has 2 N–H and O–H groups in total. The number of nitrogens with zero attached hydrogens (tertiary/aromatic N) is 1. The van der Waals surface area contributed by atoms with Gasteiger partial charge in [0, 0.05) is 6.04 Å². The van der Waals surface area contributed by atoms with Gasteiger partial charge < -0.3 is 10.2 Å². The van der Waals surface area contributed by atoms with Crippen molar-refractivity contribution in [2.45, 2.75) is 38.3 Å². The number of hydrogen-bond acceptors (Lipinski definition) is 3. The first kappa shape index (κ1) is 10.9. The second-order valence-corrected chi connectivity index (χ2v) is 4.91. The highest BCUT2D eigenvalue weighted by atomic mass is 16.4. The summed E-state index contributed by atoms with van der Waals surface area (Å²) in [6, 6.07) is 0.0728. The average Bonchev–Trinajstić information content (AvgIpc) is 2.23. The van der Waals surface area contributed by atoms with Gasteiger partial charge in [0.1, 0.15) is 0 Å². The van der Waals surface area contributed by atoms with Crippen molar-refractivity contribution >= 4 is 5.97 Å². The van der Waals surface area contributed by atoms with Crippen LogP contribution in [0.25, 0.3) is 0 Å². The highest BCUT2D eigenvalue weighted by Crippen LogP contribution is 2.34. The molecule has 0 aromatic rings. The lowest BCUT2D eigenvalue weighted by molar-refractivity contribution is -0.143. The molecule has 3 fully saturated rings. The molecule has 86 valence electrons. The fraction of sp³-hybridized carbons (Fsp3) is 0.909. The van der Waals surface area contributed by atoms with Crippen LogP contribution in [0.15, 0.2) is 0 Å². The number of piperidine rings is 3. The van der Waals surface area contributed by atoms with Crippen molar-refractivity contribution in [3.05, 3.63) is 0 Å². The summed E-state index contributed by atoms with van der Waals surface area (Å²) in [5.41, 5.74) is 0. The molecule has 0 radical (unpaired) electrons. The molecule has 4 nitrogen and oxygen atoms in total. The molecule has 4 heteroatoms. The fourth-order valence-electron chi connectivity index (χ4n) is 2.87. The molecule has 0 aromatic carbocycles. The monoisotopic (exact) mass is 213 g/mol. The average molecular weight is 213 g/mol. The maximum Gasteiger partial charge on any atom is 0.306 e. The standard InChI is InChI=1S/C11H19NO3/c1-7(11(14)15)6-9-10(13)8-2-4-12(9)5-3-8/h7-10,13H,2-6H2,1H3,(H,14,15)/t7?,9?,10-/m1/s1. The van der Waals surface area contributed by atoms with E-state index in [0.717, 1.165) is 25.9 Å². The van der Waals surface area contributed by atoms with Crippen molar-refractivity contribution in [1.82, 2.24) is 4.90 Å². The van der Waals surface area contributed by atoms with Crippen molar-refractivity contribution in [2.24, 2.45) is 11.8 Å². The zero-order valence-electron chi connectivity index (χ0n) is 9.09. The molecule has 2 unspecified atom stereocenters. The second kappa shape index (κ2) is 4.10. The van der Waals surface area contributed by atoms with Gasteiger partial charge in [0.15, 0.2) is 0 Å². The van der Waals surface area contributed by atoms with Crippen LogP contribution in [0.3, 0.4) is 0 Å². The van der Waals surface area contributed by atoms with E-state index < -0.39 is 5.97 Å². The van der Waals surface area contributed by atoms with Crippen LogP contribution in [0.2, 0.25) is 0 Å². The Morgan fingerprint density at radius 1 is 1.47 bits per heavy atom. The quantitative estimate of drug-likeness (QED) is 0.719. The molecular formula is C11H19NO3. The normalized spacial score (nSPS) is 41.5. The lowest BCUT2D eigenvalue weighted by Crippen LogP contribution is -2.58. The van der Waals surface area contributed by atoms with Crippen LogP contribution in [0.4, 0.5) is 0 Å². The third-order valence-electron chi connectivity index (χ3n) is 3.94. The molecule has 3 atom stereocenters. The number of hydrogen-bond donors (Lipinski definition) is 2. The lowest BCUT2D eigenvalue weighted by Gasteiger charge is -2.49. The Morgan fingerprint density at radius 3 is 2.53 bits per heavy atom. The van der Waals surface area contributed by atoms with Crippen LogP contribution >= 0.6 is 0 Å². The van der Waals surface area contributed by atoms with Crippen LogP contribution in [0, 0.1) is 11.8 Å². The van der Waals surface area contributed by atoms with E-state index in [1.54, 1.807) is 6.92 Å². The molecule has 0 aliphatic carbocycles. The van der Waals surface area contributed by atoms with Crippen LogP contribution in [-0.4, -0.2) is 46.3 Å². The number of aliphatic hydroxyl groups is 1. The minimum Gasteiger partial charge on any atom is -0.481 e. The van der Waals surface area contributed by atoms with E-state index in [0.29, 0.717) is 12.3 Å². The second-order valence-electron chi connectivity index (χ2n) is 4.91. The summed E-state index contributed by atoms with van der Waals surface area (Å²) in [6.07, 6.45) is 2.40. The van der Waals surface area contributed by atoms with Gasteiger partial charge in [-0.25, -0.2) is 0 Å². The van der Waals surface area contributed by atoms with Gasteiger partial charge in [-0.3, -0.25) is 9.69 Å². The van der Waals surface area contributed by atoms with Crippen LogP contribution in [0.1, 0.15) is 26.2 Å². The molecule has 3 aliphatic rings. The number of carbonyl (C=O) groups is 1. The Hall–Kier alpha value is -0.610. The van der Waals surface area contributed by atoms with Gasteiger partial charge in [-0.15, -0.1) is 0 Å². The summed E-state index contributed by atoms with van der Waals surface area (Å²) >= 11 is 0. The zero-order valence-corrected chi connectivity index (χ0v) is 9.09. The summed E-state index contributed by atoms with van der Waals surface area (Å²) in [5, 5.41) is 18.9. The van der Waals surface area contributed by atoms with E-state index in [-0.39, 0.29) is 18.1 Å². The van der Waals surface area contributed by atoms with Crippen LogP contribution in [0.5, 0.6) is 0 Å².